The summed E-state index contributed by atoms with van der Waals surface area (Å²) in [6.45, 7) is 5.27. The molecule has 1 aromatic carbocycles. The number of piperidine rings is 3. The molecule has 3 N–H and O–H groups in total. The molecular formula is C36H42F2N8O4. The van der Waals surface area contributed by atoms with Crippen molar-refractivity contribution in [2.24, 2.45) is 23.2 Å². The fourth-order valence-corrected chi connectivity index (χ4v) is 8.69. The van der Waals surface area contributed by atoms with Crippen molar-refractivity contribution in [3.63, 3.8) is 0 Å². The van der Waals surface area contributed by atoms with Crippen molar-refractivity contribution in [2.45, 2.75) is 76.7 Å². The van der Waals surface area contributed by atoms with Gasteiger partial charge < -0.3 is 15.1 Å². The summed E-state index contributed by atoms with van der Waals surface area (Å²) >= 11 is 0. The number of rotatable bonds is 7. The molecule has 5 heterocycles. The third-order valence-electron chi connectivity index (χ3n) is 12.0. The van der Waals surface area contributed by atoms with Gasteiger partial charge in [0, 0.05) is 86.0 Å². The van der Waals surface area contributed by atoms with E-state index in [-0.39, 0.29) is 48.1 Å². The Labute approximate surface area is 288 Å². The topological polar surface area (TPSA) is 145 Å². The molecule has 3 saturated heterocycles. The summed E-state index contributed by atoms with van der Waals surface area (Å²) in [7, 11) is 0. The summed E-state index contributed by atoms with van der Waals surface area (Å²) in [6, 6.07) is 8.00. The maximum atomic E-state index is 14.3. The van der Waals surface area contributed by atoms with Gasteiger partial charge >= 0.3 is 0 Å². The van der Waals surface area contributed by atoms with E-state index in [0.29, 0.717) is 55.3 Å². The number of halogens is 2. The van der Waals surface area contributed by atoms with E-state index < -0.39 is 23.2 Å². The number of fused-ring (bicyclic) bond motifs is 2. The van der Waals surface area contributed by atoms with Gasteiger partial charge in [-0.2, -0.15) is 10.2 Å². The fourth-order valence-electron chi connectivity index (χ4n) is 8.69. The van der Waals surface area contributed by atoms with Gasteiger partial charge in [-0.25, -0.2) is 8.78 Å². The molecule has 5 aliphatic rings. The van der Waals surface area contributed by atoms with Crippen molar-refractivity contribution in [3.05, 3.63) is 59.2 Å². The standard InChI is InChI=1S/C36H42F2N8O4/c1-35-17-28-27(16-29(35)36(35,37)38)31(43-42-28)33(49)40-24-18-39-46(20-24)19-21-8-12-45(13-9-21)34(50)23-10-14-44(15-11-23)25-4-2-22(3-5-25)26-6-7-30(47)41-32(26)48/h2-5,18,20-21,23,26,29H,6-17,19H2,1H3,(H,40,49)(H,42,43)(H,41,47,48)/t26?,29-,35+/m0/s1. The Balaban J connectivity index is 0.779. The van der Waals surface area contributed by atoms with Gasteiger partial charge in [0.2, 0.25) is 17.7 Å². The second kappa shape index (κ2) is 12.3. The number of nitrogens with one attached hydrogen (secondary N) is 3. The third-order valence-corrected chi connectivity index (χ3v) is 12.0. The number of benzene rings is 1. The van der Waals surface area contributed by atoms with Gasteiger partial charge in [0.15, 0.2) is 5.69 Å². The van der Waals surface area contributed by atoms with Gasteiger partial charge in [-0.15, -0.1) is 0 Å². The predicted molar refractivity (Wildman–Crippen MR) is 179 cm³/mol. The van der Waals surface area contributed by atoms with Crippen LogP contribution in [0.2, 0.25) is 0 Å². The zero-order valence-corrected chi connectivity index (χ0v) is 28.1. The van der Waals surface area contributed by atoms with Crippen LogP contribution in [0.3, 0.4) is 0 Å². The molecule has 3 aromatic rings. The van der Waals surface area contributed by atoms with Gasteiger partial charge in [0.05, 0.1) is 17.8 Å². The number of H-pyrrole nitrogens is 1. The molecule has 264 valence electrons. The van der Waals surface area contributed by atoms with Gasteiger partial charge in [0.25, 0.3) is 11.8 Å². The zero-order valence-electron chi connectivity index (χ0n) is 28.1. The van der Waals surface area contributed by atoms with E-state index in [9.17, 15) is 28.0 Å². The molecular weight excluding hydrogens is 646 g/mol. The first-order valence-electron chi connectivity index (χ1n) is 17.8. The molecule has 12 nitrogen and oxygen atoms in total. The summed E-state index contributed by atoms with van der Waals surface area (Å²) in [6.07, 6.45) is 7.91. The van der Waals surface area contributed by atoms with Crippen molar-refractivity contribution < 1.29 is 28.0 Å². The molecule has 0 radical (unpaired) electrons. The molecule has 4 amide bonds. The predicted octanol–water partition coefficient (Wildman–Crippen LogP) is 3.90. The molecule has 0 bridgehead atoms. The van der Waals surface area contributed by atoms with Crippen LogP contribution in [-0.4, -0.2) is 80.6 Å². The molecule has 1 saturated carbocycles. The molecule has 3 aliphatic heterocycles. The molecule has 50 heavy (non-hydrogen) atoms. The number of amides is 4. The number of imide groups is 1. The lowest BCUT2D eigenvalue weighted by molar-refractivity contribution is -0.138. The average molecular weight is 689 g/mol. The maximum Gasteiger partial charge on any atom is 0.276 e. The van der Waals surface area contributed by atoms with Crippen molar-refractivity contribution in [2.75, 3.05) is 36.4 Å². The SMILES string of the molecule is C[C@@]12Cc3[nH]nc(C(=O)Nc4cnn(CC5CCN(C(=O)C6CCN(c7ccc(C8CCC(=O)NC8=O)cc7)CC6)CC5)c4)c3C[C@@H]1C2(F)F. The van der Waals surface area contributed by atoms with Gasteiger partial charge in [-0.3, -0.25) is 34.3 Å². The second-order valence-electron chi connectivity index (χ2n) is 15.0. The number of alkyl halides is 2. The van der Waals surface area contributed by atoms with E-state index in [4.69, 9.17) is 0 Å². The lowest BCUT2D eigenvalue weighted by Crippen LogP contribution is -2.45. The van der Waals surface area contributed by atoms with Crippen molar-refractivity contribution >= 4 is 35.0 Å². The summed E-state index contributed by atoms with van der Waals surface area (Å²) in [4.78, 5) is 54.5. The van der Waals surface area contributed by atoms with E-state index in [1.54, 1.807) is 24.0 Å². The number of aromatic amines is 1. The maximum absolute atomic E-state index is 14.3. The third kappa shape index (κ3) is 5.75. The van der Waals surface area contributed by atoms with Crippen LogP contribution >= 0.6 is 0 Å². The minimum atomic E-state index is -2.72. The van der Waals surface area contributed by atoms with Crippen molar-refractivity contribution in [1.29, 1.82) is 0 Å². The number of nitrogens with zero attached hydrogens (tertiary/aromatic N) is 5. The first-order chi connectivity index (χ1) is 24.0. The highest BCUT2D eigenvalue weighted by molar-refractivity contribution is 6.04. The smallest absolute Gasteiger partial charge is 0.276 e. The van der Waals surface area contributed by atoms with Crippen LogP contribution in [-0.2, 0) is 33.8 Å². The summed E-state index contributed by atoms with van der Waals surface area (Å²) in [5.41, 5.74) is 2.83. The Hall–Kier alpha value is -4.62. The lowest BCUT2D eigenvalue weighted by atomic mass is 9.87. The normalized spacial score (nSPS) is 26.6. The first-order valence-corrected chi connectivity index (χ1v) is 17.8. The van der Waals surface area contributed by atoms with E-state index in [2.05, 4.69) is 30.8 Å². The zero-order chi connectivity index (χ0) is 34.8. The second-order valence-corrected chi connectivity index (χ2v) is 15.0. The van der Waals surface area contributed by atoms with Crippen LogP contribution in [0.25, 0.3) is 0 Å². The number of aromatic nitrogens is 4. The Morgan fingerprint density at radius 2 is 1.76 bits per heavy atom. The quantitative estimate of drug-likeness (QED) is 0.320. The van der Waals surface area contributed by atoms with Crippen molar-refractivity contribution in [3.8, 4) is 0 Å². The highest BCUT2D eigenvalue weighted by Gasteiger charge is 2.78. The van der Waals surface area contributed by atoms with Gasteiger partial charge in [0.1, 0.15) is 0 Å². The molecule has 14 heteroatoms. The monoisotopic (exact) mass is 688 g/mol. The highest BCUT2D eigenvalue weighted by atomic mass is 19.3. The molecule has 0 spiro atoms. The Kier molecular flexibility index (Phi) is 8.02. The molecule has 3 atom stereocenters. The average Bonchev–Trinajstić information content (AvgIpc) is 3.51. The number of hydrogen-bond acceptors (Lipinski definition) is 7. The van der Waals surface area contributed by atoms with E-state index in [1.807, 2.05) is 29.2 Å². The molecule has 2 aliphatic carbocycles. The number of carbonyl (C=O) groups is 4. The van der Waals surface area contributed by atoms with Crippen LogP contribution in [0.1, 0.15) is 78.7 Å². The van der Waals surface area contributed by atoms with E-state index >= 15 is 0 Å². The van der Waals surface area contributed by atoms with Crippen LogP contribution in [0.4, 0.5) is 20.2 Å². The Bertz CT molecular complexity index is 1820. The summed E-state index contributed by atoms with van der Waals surface area (Å²) in [5.74, 6) is -4.06. The molecule has 2 aromatic heterocycles. The summed E-state index contributed by atoms with van der Waals surface area (Å²) < 4.78 is 30.4. The number of hydrogen-bond donors (Lipinski definition) is 3. The fraction of sp³-hybridized carbons (Fsp3) is 0.556. The molecule has 4 fully saturated rings. The molecule has 8 rings (SSSR count). The highest BCUT2D eigenvalue weighted by Crippen LogP contribution is 2.70. The van der Waals surface area contributed by atoms with Crippen LogP contribution < -0.4 is 15.5 Å². The first kappa shape index (κ1) is 32.6. The van der Waals surface area contributed by atoms with Crippen molar-refractivity contribution in [1.82, 2.24) is 30.2 Å². The van der Waals surface area contributed by atoms with Crippen LogP contribution in [0.5, 0.6) is 0 Å². The Morgan fingerprint density at radius 3 is 2.48 bits per heavy atom. The Morgan fingerprint density at radius 1 is 1.02 bits per heavy atom. The lowest BCUT2D eigenvalue weighted by Gasteiger charge is -2.38. The van der Waals surface area contributed by atoms with E-state index in [1.165, 1.54) is 0 Å². The van der Waals surface area contributed by atoms with Crippen LogP contribution in [0, 0.1) is 23.2 Å². The van der Waals surface area contributed by atoms with E-state index in [0.717, 1.165) is 50.0 Å². The molecule has 1 unspecified atom stereocenters. The number of carbonyl (C=O) groups excluding carboxylic acids is 4. The van der Waals surface area contributed by atoms with Gasteiger partial charge in [-0.05, 0) is 62.1 Å². The summed E-state index contributed by atoms with van der Waals surface area (Å²) in [5, 5.41) is 16.7. The van der Waals surface area contributed by atoms with Crippen LogP contribution in [0.15, 0.2) is 36.7 Å². The minimum absolute atomic E-state index is 0.00763. The number of anilines is 2. The largest absolute Gasteiger partial charge is 0.371 e. The van der Waals surface area contributed by atoms with Gasteiger partial charge in [-0.1, -0.05) is 19.1 Å². The number of likely N-dealkylation sites (tertiary alicyclic amines) is 1. The minimum Gasteiger partial charge on any atom is -0.371 e.